The van der Waals surface area contributed by atoms with Crippen LogP contribution in [0.4, 0.5) is 4.39 Å². The van der Waals surface area contributed by atoms with Gasteiger partial charge in [0.05, 0.1) is 19.8 Å². The summed E-state index contributed by atoms with van der Waals surface area (Å²) in [6.07, 6.45) is 1.19. The smallest absolute Gasteiger partial charge is 0.197 e. The molecule has 4 heteroatoms. The van der Waals surface area contributed by atoms with Crippen molar-refractivity contribution in [3.05, 3.63) is 23.5 Å². The highest BCUT2D eigenvalue weighted by Crippen LogP contribution is 2.48. The van der Waals surface area contributed by atoms with Crippen molar-refractivity contribution in [2.24, 2.45) is 0 Å². The number of benzene rings is 1. The van der Waals surface area contributed by atoms with E-state index in [4.69, 9.17) is 9.47 Å². The number of hydrogen-bond donors (Lipinski definition) is 1. The summed E-state index contributed by atoms with van der Waals surface area (Å²) in [4.78, 5) is 0. The third kappa shape index (κ3) is 1.55. The van der Waals surface area contributed by atoms with E-state index in [9.17, 15) is 9.50 Å². The van der Waals surface area contributed by atoms with Gasteiger partial charge in [-0.1, -0.05) is 0 Å². The van der Waals surface area contributed by atoms with E-state index in [0.717, 1.165) is 0 Å². The Balaban J connectivity index is 2.51. The fraction of sp³-hybridized carbons (Fsp3) is 0.455. The van der Waals surface area contributed by atoms with Gasteiger partial charge in [-0.3, -0.25) is 0 Å². The van der Waals surface area contributed by atoms with Crippen LogP contribution in [0.2, 0.25) is 0 Å². The van der Waals surface area contributed by atoms with E-state index in [1.807, 2.05) is 0 Å². The molecule has 1 aliphatic rings. The minimum atomic E-state index is -0.996. The Hall–Kier alpha value is -1.29. The molecule has 15 heavy (non-hydrogen) atoms. The number of rotatable bonds is 3. The van der Waals surface area contributed by atoms with Crippen LogP contribution in [0.15, 0.2) is 12.1 Å². The Morgan fingerprint density at radius 2 is 1.93 bits per heavy atom. The van der Waals surface area contributed by atoms with Gasteiger partial charge in [-0.25, -0.2) is 4.39 Å². The monoisotopic (exact) mass is 212 g/mol. The quantitative estimate of drug-likeness (QED) is 0.830. The molecule has 0 heterocycles. The Morgan fingerprint density at radius 1 is 1.27 bits per heavy atom. The zero-order chi connectivity index (χ0) is 11.1. The van der Waals surface area contributed by atoms with Gasteiger partial charge in [0.15, 0.2) is 17.3 Å². The van der Waals surface area contributed by atoms with Gasteiger partial charge in [-0.2, -0.15) is 0 Å². The third-order valence-corrected chi connectivity index (χ3v) is 2.71. The van der Waals surface area contributed by atoms with E-state index in [1.165, 1.54) is 14.2 Å². The standard InChI is InChI=1S/C11H13FO3/c1-14-8-4-3-7(11(13)5-6-11)9(12)10(8)15-2/h3-4,13H,5-6H2,1-2H3. The maximum Gasteiger partial charge on any atom is 0.197 e. The molecule has 2 rings (SSSR count). The van der Waals surface area contributed by atoms with Crippen LogP contribution in [-0.4, -0.2) is 19.3 Å². The molecule has 1 fully saturated rings. The van der Waals surface area contributed by atoms with Crippen molar-refractivity contribution in [1.82, 2.24) is 0 Å². The molecule has 1 N–H and O–H groups in total. The van der Waals surface area contributed by atoms with Gasteiger partial charge in [-0.15, -0.1) is 0 Å². The summed E-state index contributed by atoms with van der Waals surface area (Å²) in [5.41, 5.74) is -0.705. The summed E-state index contributed by atoms with van der Waals surface area (Å²) in [5, 5.41) is 9.83. The molecule has 0 aliphatic heterocycles. The second-order valence-electron chi connectivity index (χ2n) is 3.69. The van der Waals surface area contributed by atoms with Gasteiger partial charge in [0, 0.05) is 5.56 Å². The number of halogens is 1. The third-order valence-electron chi connectivity index (χ3n) is 2.71. The zero-order valence-electron chi connectivity index (χ0n) is 8.71. The van der Waals surface area contributed by atoms with Gasteiger partial charge in [-0.05, 0) is 25.0 Å². The normalized spacial score (nSPS) is 17.3. The van der Waals surface area contributed by atoms with E-state index in [0.29, 0.717) is 24.2 Å². The fourth-order valence-corrected chi connectivity index (χ4v) is 1.64. The average Bonchev–Trinajstić information content (AvgIpc) is 2.96. The number of hydrogen-bond acceptors (Lipinski definition) is 3. The summed E-state index contributed by atoms with van der Waals surface area (Å²) in [6, 6.07) is 3.15. The van der Waals surface area contributed by atoms with Gasteiger partial charge >= 0.3 is 0 Å². The molecule has 1 saturated carbocycles. The molecule has 0 bridgehead atoms. The van der Waals surface area contributed by atoms with Crippen LogP contribution in [-0.2, 0) is 5.60 Å². The summed E-state index contributed by atoms with van der Waals surface area (Å²) in [6.45, 7) is 0. The van der Waals surface area contributed by atoms with Crippen LogP contribution in [0, 0.1) is 5.82 Å². The molecule has 0 saturated heterocycles. The van der Waals surface area contributed by atoms with Crippen LogP contribution < -0.4 is 9.47 Å². The highest BCUT2D eigenvalue weighted by atomic mass is 19.1. The summed E-state index contributed by atoms with van der Waals surface area (Å²) < 4.78 is 23.8. The highest BCUT2D eigenvalue weighted by Gasteiger charge is 2.45. The summed E-state index contributed by atoms with van der Waals surface area (Å²) in [5.74, 6) is -0.143. The first-order valence-electron chi connectivity index (χ1n) is 4.76. The molecule has 1 aromatic rings. The van der Waals surface area contributed by atoms with Crippen LogP contribution in [0.3, 0.4) is 0 Å². The van der Waals surface area contributed by atoms with Crippen molar-refractivity contribution in [3.63, 3.8) is 0 Å². The Labute approximate surface area is 87.4 Å². The highest BCUT2D eigenvalue weighted by molar-refractivity contribution is 5.47. The summed E-state index contributed by atoms with van der Waals surface area (Å²) in [7, 11) is 2.82. The van der Waals surface area contributed by atoms with Crippen molar-refractivity contribution in [3.8, 4) is 11.5 Å². The van der Waals surface area contributed by atoms with Crippen molar-refractivity contribution in [1.29, 1.82) is 0 Å². The van der Waals surface area contributed by atoms with Crippen molar-refractivity contribution in [2.75, 3.05) is 14.2 Å². The van der Waals surface area contributed by atoms with Crippen LogP contribution >= 0.6 is 0 Å². The second kappa shape index (κ2) is 3.38. The van der Waals surface area contributed by atoms with Crippen molar-refractivity contribution in [2.45, 2.75) is 18.4 Å². The lowest BCUT2D eigenvalue weighted by Gasteiger charge is -2.14. The fourth-order valence-electron chi connectivity index (χ4n) is 1.64. The van der Waals surface area contributed by atoms with Crippen molar-refractivity contribution < 1.29 is 19.0 Å². The molecule has 0 radical (unpaired) electrons. The van der Waals surface area contributed by atoms with Gasteiger partial charge in [0.25, 0.3) is 0 Å². The minimum Gasteiger partial charge on any atom is -0.493 e. The molecule has 1 aromatic carbocycles. The zero-order valence-corrected chi connectivity index (χ0v) is 8.71. The van der Waals surface area contributed by atoms with Crippen LogP contribution in [0.5, 0.6) is 11.5 Å². The summed E-state index contributed by atoms with van der Waals surface area (Å²) >= 11 is 0. The first-order valence-corrected chi connectivity index (χ1v) is 4.76. The molecular formula is C11H13FO3. The maximum atomic E-state index is 13.9. The number of ether oxygens (including phenoxy) is 2. The second-order valence-corrected chi connectivity index (χ2v) is 3.69. The molecule has 1 aliphatic carbocycles. The number of methoxy groups -OCH3 is 2. The predicted octanol–water partition coefficient (Wildman–Crippen LogP) is 1.82. The molecule has 82 valence electrons. The van der Waals surface area contributed by atoms with Gasteiger partial charge in [0.1, 0.15) is 0 Å². The Bertz CT molecular complexity index is 386. The van der Waals surface area contributed by atoms with Crippen LogP contribution in [0.25, 0.3) is 0 Å². The topological polar surface area (TPSA) is 38.7 Å². The van der Waals surface area contributed by atoms with Gasteiger partial charge in [0.2, 0.25) is 0 Å². The van der Waals surface area contributed by atoms with Crippen LogP contribution in [0.1, 0.15) is 18.4 Å². The first kappa shape index (κ1) is 10.2. The maximum absolute atomic E-state index is 13.9. The number of aliphatic hydroxyl groups is 1. The van der Waals surface area contributed by atoms with E-state index < -0.39 is 11.4 Å². The largest absolute Gasteiger partial charge is 0.493 e. The van der Waals surface area contributed by atoms with E-state index >= 15 is 0 Å². The first-order chi connectivity index (χ1) is 7.12. The lowest BCUT2D eigenvalue weighted by molar-refractivity contribution is 0.145. The van der Waals surface area contributed by atoms with E-state index in [1.54, 1.807) is 12.1 Å². The van der Waals surface area contributed by atoms with E-state index in [2.05, 4.69) is 0 Å². The lowest BCUT2D eigenvalue weighted by atomic mass is 10.1. The molecule has 3 nitrogen and oxygen atoms in total. The predicted molar refractivity (Wildman–Crippen MR) is 52.6 cm³/mol. The SMILES string of the molecule is COc1ccc(C2(O)CC2)c(F)c1OC. The molecule has 0 atom stereocenters. The van der Waals surface area contributed by atoms with Gasteiger partial charge < -0.3 is 14.6 Å². The molecule has 0 spiro atoms. The molecule has 0 amide bonds. The Kier molecular flexibility index (Phi) is 2.31. The Morgan fingerprint density at radius 3 is 2.40 bits per heavy atom. The average molecular weight is 212 g/mol. The van der Waals surface area contributed by atoms with E-state index in [-0.39, 0.29) is 5.75 Å². The minimum absolute atomic E-state index is 0.0512. The van der Waals surface area contributed by atoms with Crippen molar-refractivity contribution >= 4 is 0 Å². The lowest BCUT2D eigenvalue weighted by Crippen LogP contribution is -2.09. The molecule has 0 aromatic heterocycles. The molecular weight excluding hydrogens is 199 g/mol. The molecule has 0 unspecified atom stereocenters.